The summed E-state index contributed by atoms with van der Waals surface area (Å²) in [6.07, 6.45) is 0. The third-order valence-corrected chi connectivity index (χ3v) is 4.40. The number of rotatable bonds is 8. The zero-order valence-corrected chi connectivity index (χ0v) is 16.0. The molecular weight excluding hydrogens is 360 g/mol. The number of hydrogen-bond acceptors (Lipinski definition) is 3. The van der Waals surface area contributed by atoms with Crippen LogP contribution >= 0.6 is 0 Å². The zero-order chi connectivity index (χ0) is 19.7. The van der Waals surface area contributed by atoms with Crippen molar-refractivity contribution in [2.45, 2.75) is 13.2 Å². The maximum Gasteiger partial charge on any atom is 0.132 e. The fourth-order valence-electron chi connectivity index (χ4n) is 2.95. The second-order valence-corrected chi connectivity index (χ2v) is 6.54. The monoisotopic (exact) mass is 382 g/mol. The van der Waals surface area contributed by atoms with Gasteiger partial charge in [0.15, 0.2) is 0 Å². The number of ether oxygens (including phenoxy) is 3. The van der Waals surface area contributed by atoms with Crippen LogP contribution < -0.4 is 9.47 Å². The molecule has 0 saturated carbocycles. The number of para-hydroxylation sites is 4. The van der Waals surface area contributed by atoms with Crippen LogP contribution in [0, 0.1) is 0 Å². The van der Waals surface area contributed by atoms with Crippen molar-refractivity contribution >= 4 is 0 Å². The highest BCUT2D eigenvalue weighted by Crippen LogP contribution is 2.28. The summed E-state index contributed by atoms with van der Waals surface area (Å²) in [7, 11) is 0. The van der Waals surface area contributed by atoms with Gasteiger partial charge in [-0.2, -0.15) is 0 Å². The molecule has 0 amide bonds. The lowest BCUT2D eigenvalue weighted by molar-refractivity contribution is 0.104. The highest BCUT2D eigenvalue weighted by molar-refractivity contribution is 5.39. The lowest BCUT2D eigenvalue weighted by atomic mass is 10.2. The van der Waals surface area contributed by atoms with Gasteiger partial charge in [0.1, 0.15) is 23.0 Å². The van der Waals surface area contributed by atoms with Gasteiger partial charge in [-0.25, -0.2) is 0 Å². The van der Waals surface area contributed by atoms with Crippen molar-refractivity contribution in [2.75, 3.05) is 0 Å². The second kappa shape index (κ2) is 9.58. The molecule has 4 rings (SSSR count). The molecule has 0 unspecified atom stereocenters. The summed E-state index contributed by atoms with van der Waals surface area (Å²) in [5.41, 5.74) is 2.00. The highest BCUT2D eigenvalue weighted by Gasteiger charge is 2.08. The van der Waals surface area contributed by atoms with Crippen LogP contribution in [-0.2, 0) is 18.0 Å². The molecule has 4 aromatic rings. The Morgan fingerprint density at radius 1 is 0.414 bits per heavy atom. The van der Waals surface area contributed by atoms with Crippen LogP contribution in [0.4, 0.5) is 0 Å². The van der Waals surface area contributed by atoms with Crippen LogP contribution in [0.1, 0.15) is 11.1 Å². The minimum absolute atomic E-state index is 0.447. The predicted molar refractivity (Wildman–Crippen MR) is 114 cm³/mol. The summed E-state index contributed by atoms with van der Waals surface area (Å²) < 4.78 is 18.0. The van der Waals surface area contributed by atoms with Crippen molar-refractivity contribution in [3.8, 4) is 23.0 Å². The Kier molecular flexibility index (Phi) is 6.21. The summed E-state index contributed by atoms with van der Waals surface area (Å²) in [4.78, 5) is 0. The molecule has 0 aromatic heterocycles. The molecule has 0 aliphatic carbocycles. The molecule has 0 bridgehead atoms. The lowest BCUT2D eigenvalue weighted by Crippen LogP contribution is -1.98. The Morgan fingerprint density at radius 2 is 0.793 bits per heavy atom. The molecule has 3 nitrogen and oxygen atoms in total. The van der Waals surface area contributed by atoms with Crippen LogP contribution in [0.25, 0.3) is 0 Å². The first kappa shape index (κ1) is 18.8. The molecule has 0 aliphatic heterocycles. The summed E-state index contributed by atoms with van der Waals surface area (Å²) in [6, 6.07) is 35.4. The van der Waals surface area contributed by atoms with Crippen LogP contribution in [0.15, 0.2) is 109 Å². The lowest BCUT2D eigenvalue weighted by Gasteiger charge is -2.13. The van der Waals surface area contributed by atoms with Crippen molar-refractivity contribution in [1.82, 2.24) is 0 Å². The van der Waals surface area contributed by atoms with E-state index in [0.29, 0.717) is 13.2 Å². The standard InChI is InChI=1S/C26H22O3/c1-3-13-23(14-4-1)28-25-17-9-7-11-21(25)19-27-20-22-12-8-10-18-26(22)29-24-15-5-2-6-16-24/h1-18H,19-20H2. The van der Waals surface area contributed by atoms with Gasteiger partial charge in [0.25, 0.3) is 0 Å². The molecule has 4 aromatic carbocycles. The van der Waals surface area contributed by atoms with E-state index in [2.05, 4.69) is 0 Å². The summed E-state index contributed by atoms with van der Waals surface area (Å²) in [5.74, 6) is 3.21. The second-order valence-electron chi connectivity index (χ2n) is 6.54. The van der Waals surface area contributed by atoms with Gasteiger partial charge >= 0.3 is 0 Å². The van der Waals surface area contributed by atoms with Gasteiger partial charge in [-0.05, 0) is 36.4 Å². The third-order valence-electron chi connectivity index (χ3n) is 4.40. The Morgan fingerprint density at radius 3 is 1.24 bits per heavy atom. The van der Waals surface area contributed by atoms with Gasteiger partial charge in [0.2, 0.25) is 0 Å². The minimum Gasteiger partial charge on any atom is -0.457 e. The van der Waals surface area contributed by atoms with E-state index in [1.165, 1.54) is 0 Å². The third kappa shape index (κ3) is 5.24. The zero-order valence-electron chi connectivity index (χ0n) is 16.0. The average molecular weight is 382 g/mol. The van der Waals surface area contributed by atoms with E-state index in [9.17, 15) is 0 Å². The largest absolute Gasteiger partial charge is 0.457 e. The van der Waals surface area contributed by atoms with Gasteiger partial charge in [-0.1, -0.05) is 72.8 Å². The highest BCUT2D eigenvalue weighted by atomic mass is 16.5. The van der Waals surface area contributed by atoms with E-state index in [0.717, 1.165) is 34.1 Å². The minimum atomic E-state index is 0.447. The molecule has 0 spiro atoms. The first-order valence-corrected chi connectivity index (χ1v) is 9.58. The van der Waals surface area contributed by atoms with Crippen molar-refractivity contribution < 1.29 is 14.2 Å². The normalized spacial score (nSPS) is 10.5. The predicted octanol–water partition coefficient (Wildman–Crippen LogP) is 6.99. The van der Waals surface area contributed by atoms with Crippen molar-refractivity contribution in [3.05, 3.63) is 120 Å². The summed E-state index contributed by atoms with van der Waals surface area (Å²) in [5, 5.41) is 0. The van der Waals surface area contributed by atoms with E-state index in [4.69, 9.17) is 14.2 Å². The first-order valence-electron chi connectivity index (χ1n) is 9.58. The van der Waals surface area contributed by atoms with Gasteiger partial charge in [0, 0.05) is 11.1 Å². The maximum absolute atomic E-state index is 6.01. The molecule has 0 atom stereocenters. The van der Waals surface area contributed by atoms with Gasteiger partial charge in [0.05, 0.1) is 13.2 Å². The molecular formula is C26H22O3. The number of benzene rings is 4. The van der Waals surface area contributed by atoms with Crippen molar-refractivity contribution in [1.29, 1.82) is 0 Å². The molecule has 0 fully saturated rings. The van der Waals surface area contributed by atoms with E-state index in [1.807, 2.05) is 109 Å². The van der Waals surface area contributed by atoms with Crippen LogP contribution in [-0.4, -0.2) is 0 Å². The fraction of sp³-hybridized carbons (Fsp3) is 0.0769. The Balaban J connectivity index is 1.41. The summed E-state index contributed by atoms with van der Waals surface area (Å²) >= 11 is 0. The SMILES string of the molecule is c1ccc(Oc2ccccc2COCc2ccccc2Oc2ccccc2)cc1. The fourth-order valence-corrected chi connectivity index (χ4v) is 2.95. The van der Waals surface area contributed by atoms with E-state index >= 15 is 0 Å². The van der Waals surface area contributed by atoms with Crippen LogP contribution in [0.2, 0.25) is 0 Å². The van der Waals surface area contributed by atoms with Crippen LogP contribution in [0.5, 0.6) is 23.0 Å². The Labute approximate surface area is 171 Å². The van der Waals surface area contributed by atoms with Gasteiger partial charge in [-0.15, -0.1) is 0 Å². The molecule has 0 saturated heterocycles. The Hall–Kier alpha value is -3.56. The smallest absolute Gasteiger partial charge is 0.132 e. The van der Waals surface area contributed by atoms with E-state index in [-0.39, 0.29) is 0 Å². The van der Waals surface area contributed by atoms with Crippen molar-refractivity contribution in [2.24, 2.45) is 0 Å². The van der Waals surface area contributed by atoms with E-state index < -0.39 is 0 Å². The molecule has 3 heteroatoms. The first-order chi connectivity index (χ1) is 14.4. The molecule has 0 N–H and O–H groups in total. The topological polar surface area (TPSA) is 27.7 Å². The molecule has 29 heavy (non-hydrogen) atoms. The van der Waals surface area contributed by atoms with Crippen molar-refractivity contribution in [3.63, 3.8) is 0 Å². The summed E-state index contributed by atoms with van der Waals surface area (Å²) in [6.45, 7) is 0.894. The maximum atomic E-state index is 6.01. The molecule has 0 heterocycles. The average Bonchev–Trinajstić information content (AvgIpc) is 2.78. The van der Waals surface area contributed by atoms with Gasteiger partial charge < -0.3 is 14.2 Å². The molecule has 0 aliphatic rings. The van der Waals surface area contributed by atoms with Crippen LogP contribution in [0.3, 0.4) is 0 Å². The van der Waals surface area contributed by atoms with E-state index in [1.54, 1.807) is 0 Å². The number of hydrogen-bond donors (Lipinski definition) is 0. The molecule has 144 valence electrons. The van der Waals surface area contributed by atoms with Gasteiger partial charge in [-0.3, -0.25) is 0 Å². The molecule has 0 radical (unpaired) electrons. The quantitative estimate of drug-likeness (QED) is 0.329. The Bertz CT molecular complexity index is 945.